The third-order valence-electron chi connectivity index (χ3n) is 4.48. The molecule has 0 radical (unpaired) electrons. The maximum Gasteiger partial charge on any atom is 0.169 e. The molecular weight excluding hydrogens is 336 g/mol. The van der Waals surface area contributed by atoms with Crippen LogP contribution in [0.2, 0.25) is 5.02 Å². The van der Waals surface area contributed by atoms with Crippen LogP contribution in [0.1, 0.15) is 37.1 Å². The molecule has 0 bridgehead atoms. The van der Waals surface area contributed by atoms with E-state index in [-0.39, 0.29) is 6.10 Å². The van der Waals surface area contributed by atoms with Crippen molar-refractivity contribution in [1.29, 1.82) is 5.26 Å². The fraction of sp³-hybridized carbons (Fsp3) is 0.421. The molecule has 1 aromatic heterocycles. The van der Waals surface area contributed by atoms with Gasteiger partial charge in [-0.15, -0.1) is 5.10 Å². The highest BCUT2D eigenvalue weighted by atomic mass is 35.5. The van der Waals surface area contributed by atoms with Gasteiger partial charge in [0.25, 0.3) is 0 Å². The molecule has 2 aromatic rings. The van der Waals surface area contributed by atoms with Gasteiger partial charge in [0.2, 0.25) is 0 Å². The van der Waals surface area contributed by atoms with Crippen LogP contribution in [0.15, 0.2) is 24.3 Å². The number of hydrogen-bond donors (Lipinski definition) is 0. The number of benzene rings is 1. The lowest BCUT2D eigenvalue weighted by atomic mass is 10.0. The average Bonchev–Trinajstić information content (AvgIpc) is 3.08. The van der Waals surface area contributed by atoms with Crippen LogP contribution in [-0.4, -0.2) is 29.4 Å². The molecule has 130 valence electrons. The van der Waals surface area contributed by atoms with Crippen LogP contribution >= 0.6 is 11.6 Å². The summed E-state index contributed by atoms with van der Waals surface area (Å²) in [7, 11) is 0. The van der Waals surface area contributed by atoms with Crippen LogP contribution in [0.5, 0.6) is 5.75 Å². The molecule has 3 rings (SSSR count). The average molecular weight is 357 g/mol. The summed E-state index contributed by atoms with van der Waals surface area (Å²) in [5.74, 6) is 1.44. The number of nitrogens with zero attached hydrogens (tertiary/aromatic N) is 4. The number of rotatable bonds is 5. The molecule has 6 heteroatoms. The Kier molecular flexibility index (Phi) is 5.40. The number of anilines is 1. The summed E-state index contributed by atoms with van der Waals surface area (Å²) >= 11 is 6.01. The van der Waals surface area contributed by atoms with Crippen molar-refractivity contribution in [3.05, 3.63) is 46.1 Å². The van der Waals surface area contributed by atoms with Gasteiger partial charge >= 0.3 is 0 Å². The second kappa shape index (κ2) is 7.71. The van der Waals surface area contributed by atoms with E-state index in [9.17, 15) is 5.26 Å². The van der Waals surface area contributed by atoms with Gasteiger partial charge in [-0.05, 0) is 36.6 Å². The predicted octanol–water partition coefficient (Wildman–Crippen LogP) is 3.78. The molecule has 1 saturated heterocycles. The summed E-state index contributed by atoms with van der Waals surface area (Å²) in [6.45, 7) is 5.57. The zero-order valence-electron chi connectivity index (χ0n) is 14.5. The summed E-state index contributed by atoms with van der Waals surface area (Å²) < 4.78 is 6.03. The predicted molar refractivity (Wildman–Crippen MR) is 98.2 cm³/mol. The smallest absolute Gasteiger partial charge is 0.169 e. The summed E-state index contributed by atoms with van der Waals surface area (Å²) in [6, 6.07) is 9.76. The fourth-order valence-electron chi connectivity index (χ4n) is 3.25. The van der Waals surface area contributed by atoms with Gasteiger partial charge in [0.1, 0.15) is 23.5 Å². The highest BCUT2D eigenvalue weighted by molar-refractivity contribution is 6.30. The first-order chi connectivity index (χ1) is 12.2. The fourth-order valence-corrected chi connectivity index (χ4v) is 3.43. The van der Waals surface area contributed by atoms with Gasteiger partial charge in [-0.25, -0.2) is 0 Å². The quantitative estimate of drug-likeness (QED) is 0.815. The van der Waals surface area contributed by atoms with E-state index in [2.05, 4.69) is 28.1 Å². The lowest BCUT2D eigenvalue weighted by molar-refractivity contribution is 0.225. The molecule has 0 aliphatic carbocycles. The molecule has 2 heterocycles. The third kappa shape index (κ3) is 3.69. The Morgan fingerprint density at radius 3 is 2.84 bits per heavy atom. The first-order valence-corrected chi connectivity index (χ1v) is 8.99. The minimum Gasteiger partial charge on any atom is -0.488 e. The number of halogens is 1. The zero-order chi connectivity index (χ0) is 17.8. The number of aromatic nitrogens is 2. The molecule has 1 atom stereocenters. The van der Waals surface area contributed by atoms with E-state index in [1.54, 1.807) is 0 Å². The molecule has 1 aliphatic rings. The molecule has 0 N–H and O–H groups in total. The largest absolute Gasteiger partial charge is 0.488 e. The van der Waals surface area contributed by atoms with Crippen molar-refractivity contribution in [2.75, 3.05) is 18.0 Å². The maximum atomic E-state index is 9.65. The Morgan fingerprint density at radius 1 is 1.32 bits per heavy atom. The Morgan fingerprint density at radius 2 is 2.16 bits per heavy atom. The van der Waals surface area contributed by atoms with Gasteiger partial charge in [0.05, 0.1) is 12.2 Å². The maximum absolute atomic E-state index is 9.65. The lowest BCUT2D eigenvalue weighted by Gasteiger charge is -2.20. The van der Waals surface area contributed by atoms with E-state index in [1.165, 1.54) is 0 Å². The van der Waals surface area contributed by atoms with Crippen molar-refractivity contribution in [1.82, 2.24) is 10.2 Å². The van der Waals surface area contributed by atoms with Crippen LogP contribution < -0.4 is 9.64 Å². The second-order valence-electron chi connectivity index (χ2n) is 6.07. The Bertz CT molecular complexity index is 802. The van der Waals surface area contributed by atoms with E-state index in [1.807, 2.05) is 31.2 Å². The van der Waals surface area contributed by atoms with Crippen LogP contribution in [-0.2, 0) is 12.8 Å². The topological polar surface area (TPSA) is 62.0 Å². The van der Waals surface area contributed by atoms with Gasteiger partial charge in [0.15, 0.2) is 5.82 Å². The zero-order valence-corrected chi connectivity index (χ0v) is 15.3. The standard InChI is InChI=1S/C19H21ClN4O/c1-3-16-17(11-21)19(23-22-18(16)4-2)24-9-8-15(12-24)25-14-7-5-6-13(20)10-14/h5-7,10,15H,3-4,8-9,12H2,1-2H3. The normalized spacial score (nSPS) is 16.7. The van der Waals surface area contributed by atoms with Crippen molar-refractivity contribution < 1.29 is 4.74 Å². The van der Waals surface area contributed by atoms with Crippen molar-refractivity contribution in [2.24, 2.45) is 0 Å². The minimum absolute atomic E-state index is 0.0442. The van der Waals surface area contributed by atoms with Crippen molar-refractivity contribution in [3.8, 4) is 11.8 Å². The van der Waals surface area contributed by atoms with Gasteiger partial charge in [-0.2, -0.15) is 10.4 Å². The monoisotopic (exact) mass is 356 g/mol. The number of nitriles is 1. The Balaban J connectivity index is 1.79. The summed E-state index contributed by atoms with van der Waals surface area (Å²) in [5, 5.41) is 19.0. The third-order valence-corrected chi connectivity index (χ3v) is 4.72. The molecular formula is C19H21ClN4O. The molecule has 1 aliphatic heterocycles. The summed E-state index contributed by atoms with van der Waals surface area (Å²) in [4.78, 5) is 2.10. The molecule has 1 fully saturated rings. The van der Waals surface area contributed by atoms with Gasteiger partial charge in [-0.1, -0.05) is 31.5 Å². The molecule has 1 unspecified atom stereocenters. The van der Waals surface area contributed by atoms with Crippen LogP contribution in [0.4, 0.5) is 5.82 Å². The minimum atomic E-state index is 0.0442. The van der Waals surface area contributed by atoms with Crippen LogP contribution in [0.25, 0.3) is 0 Å². The van der Waals surface area contributed by atoms with E-state index >= 15 is 0 Å². The van der Waals surface area contributed by atoms with E-state index in [4.69, 9.17) is 16.3 Å². The highest BCUT2D eigenvalue weighted by Gasteiger charge is 2.28. The van der Waals surface area contributed by atoms with Gasteiger partial charge < -0.3 is 9.64 Å². The Labute approximate surface area is 153 Å². The highest BCUT2D eigenvalue weighted by Crippen LogP contribution is 2.28. The molecule has 25 heavy (non-hydrogen) atoms. The van der Waals surface area contributed by atoms with Crippen molar-refractivity contribution in [3.63, 3.8) is 0 Å². The van der Waals surface area contributed by atoms with Crippen molar-refractivity contribution >= 4 is 17.4 Å². The molecule has 0 spiro atoms. The van der Waals surface area contributed by atoms with Crippen LogP contribution in [0, 0.1) is 11.3 Å². The summed E-state index contributed by atoms with van der Waals surface area (Å²) in [6.07, 6.45) is 2.48. The molecule has 0 saturated carbocycles. The number of hydrogen-bond acceptors (Lipinski definition) is 5. The van der Waals surface area contributed by atoms with E-state index < -0.39 is 0 Å². The second-order valence-corrected chi connectivity index (χ2v) is 6.51. The molecule has 0 amide bonds. The number of aryl methyl sites for hydroxylation is 1. The lowest BCUT2D eigenvalue weighted by Crippen LogP contribution is -2.27. The molecule has 5 nitrogen and oxygen atoms in total. The molecule has 1 aromatic carbocycles. The van der Waals surface area contributed by atoms with E-state index in [0.717, 1.165) is 42.8 Å². The van der Waals surface area contributed by atoms with Gasteiger partial charge in [-0.3, -0.25) is 0 Å². The summed E-state index contributed by atoms with van der Waals surface area (Å²) in [5.41, 5.74) is 2.57. The first-order valence-electron chi connectivity index (χ1n) is 8.61. The van der Waals surface area contributed by atoms with Crippen molar-refractivity contribution in [2.45, 2.75) is 39.2 Å². The van der Waals surface area contributed by atoms with Gasteiger partial charge in [0, 0.05) is 18.0 Å². The van der Waals surface area contributed by atoms with E-state index in [0.29, 0.717) is 22.9 Å². The SMILES string of the molecule is CCc1nnc(N2CCC(Oc3cccc(Cl)c3)C2)c(C#N)c1CC. The first kappa shape index (κ1) is 17.5. The van der Waals surface area contributed by atoms with Crippen LogP contribution in [0.3, 0.4) is 0 Å². The Hall–Kier alpha value is -2.32. The number of ether oxygens (including phenoxy) is 1.